The molecule has 10 fully saturated rings. The minimum Gasteiger partial charge on any atom is -0.507 e. The molecule has 12 aliphatic carbocycles. The first-order valence-corrected chi connectivity index (χ1v) is 33.5. The molecule has 6 heterocycles. The first-order valence-electron chi connectivity index (χ1n) is 33.5. The van der Waals surface area contributed by atoms with Crippen LogP contribution in [0.2, 0.25) is 0 Å². The summed E-state index contributed by atoms with van der Waals surface area (Å²) in [5.74, 6) is 1.18. The van der Waals surface area contributed by atoms with E-state index in [1.807, 2.05) is 55.4 Å². The number of ketones is 4. The zero-order valence-corrected chi connectivity index (χ0v) is 56.1. The van der Waals surface area contributed by atoms with Crippen molar-refractivity contribution < 1.29 is 76.9 Å². The molecule has 2 aromatic carbocycles. The van der Waals surface area contributed by atoms with Crippen LogP contribution in [0.1, 0.15) is 217 Å². The Morgan fingerprint density at radius 3 is 1.24 bits per heavy atom. The minimum absolute atomic E-state index is 0.0457. The Kier molecular flexibility index (Phi) is 12.7. The number of ether oxygens (including phenoxy) is 8. The molecular weight excluding hydrogens is 1170 g/mol. The third-order valence-corrected chi connectivity index (χ3v) is 26.1. The van der Waals surface area contributed by atoms with Crippen molar-refractivity contribution in [2.24, 2.45) is 58.2 Å². The van der Waals surface area contributed by atoms with Gasteiger partial charge in [-0.2, -0.15) is 0 Å². The molecule has 2 N–H and O–H groups in total. The molecule has 92 heavy (non-hydrogen) atoms. The van der Waals surface area contributed by atoms with E-state index in [1.165, 1.54) is 0 Å². The van der Waals surface area contributed by atoms with E-state index < -0.39 is 56.6 Å². The third kappa shape index (κ3) is 7.22. The van der Waals surface area contributed by atoms with Crippen molar-refractivity contribution >= 4 is 36.1 Å². The van der Waals surface area contributed by atoms with Crippen molar-refractivity contribution in [3.05, 3.63) is 104 Å². The summed E-state index contributed by atoms with van der Waals surface area (Å²) < 4.78 is 52.4. The predicted molar refractivity (Wildman–Crippen MR) is 338 cm³/mol. The third-order valence-electron chi connectivity index (χ3n) is 26.1. The van der Waals surface area contributed by atoms with Crippen molar-refractivity contribution in [2.75, 3.05) is 0 Å². The molecule has 488 valence electrons. The lowest BCUT2D eigenvalue weighted by Gasteiger charge is -2.70. The summed E-state index contributed by atoms with van der Waals surface area (Å²) in [7, 11) is 0. The molecule has 16 bridgehead atoms. The van der Waals surface area contributed by atoms with E-state index in [-0.39, 0.29) is 105 Å². The number of benzene rings is 2. The SMILES string of the molecule is CC(C)=CCc1c2c(c(O)c3c1O[C@@]1(C)CCC4C3C1C4(C)C)C(=O)C1=C[C@@H]3CC4C(C)(C)O[C@](C/C=C(/C)OC=O)(C3=O)[C@@]14O2.CC(C)=CCc1c2c(c(O)c3c1O[C@]1(C)CCC4C3C1C4(C)C)C(=O)C1=C[C@@H]3CC4C(C)(C)O[C@](C/C=C(/C)OC=O)(C3=O)[C@@]14O2. The molecule has 18 aliphatic rings. The fourth-order valence-corrected chi connectivity index (χ4v) is 22.7. The van der Waals surface area contributed by atoms with Gasteiger partial charge in [0.25, 0.3) is 12.9 Å². The van der Waals surface area contributed by atoms with Crippen LogP contribution in [0.15, 0.2) is 70.3 Å². The van der Waals surface area contributed by atoms with Gasteiger partial charge in [-0.25, -0.2) is 0 Å². The van der Waals surface area contributed by atoms with Gasteiger partial charge in [-0.05, 0) is 169 Å². The molecule has 16 nitrogen and oxygen atoms in total. The zero-order chi connectivity index (χ0) is 65.9. The Morgan fingerprint density at radius 1 is 0.533 bits per heavy atom. The zero-order valence-electron chi connectivity index (χ0n) is 56.1. The van der Waals surface area contributed by atoms with Crippen LogP contribution in [-0.2, 0) is 51.0 Å². The number of hydrogen-bond donors (Lipinski definition) is 2. The fraction of sp³-hybridized carbons (Fsp3) is 0.605. The highest BCUT2D eigenvalue weighted by molar-refractivity contribution is 6.20. The molecule has 2 saturated heterocycles. The molecule has 2 spiro atoms. The average Bonchev–Trinajstić information content (AvgIpc) is 1.26. The van der Waals surface area contributed by atoms with Gasteiger partial charge in [-0.15, -0.1) is 0 Å². The molecule has 8 saturated carbocycles. The van der Waals surface area contributed by atoms with Crippen molar-refractivity contribution in [1.82, 2.24) is 0 Å². The number of Topliss-reactive ketones (excluding diaryl/α,β-unsaturated/α-hetero) is 4. The lowest BCUT2D eigenvalue weighted by Crippen LogP contribution is -2.72. The van der Waals surface area contributed by atoms with Gasteiger partial charge in [0.2, 0.25) is 0 Å². The standard InChI is InChI=1S/2C38H44O8/c2*1-18(2)9-10-21-30-26(25-22-12-13-36(8,44-30)32(25)34(22,4)5)29(41)27-28(40)23-15-20-16-24-35(6,7)46-37(33(20)42,14-11-19(3)43-17-39)38(23,24)45-31(21)27/h2*9,11,15,17,20,22,24-25,32,41H,10,12-14,16H2,1-8H3/b2*19-11-/t20-,22?,24?,25?,32?,36+,37-,38-;20-,22?,24?,25?,32?,36-,37-,38-/m11/s1. The maximum atomic E-state index is 15.0. The van der Waals surface area contributed by atoms with E-state index in [2.05, 4.69) is 53.7 Å². The second-order valence-corrected chi connectivity index (χ2v) is 32.8. The number of allylic oxidation sites excluding steroid dienone is 8. The Balaban J connectivity index is 0.000000153. The summed E-state index contributed by atoms with van der Waals surface area (Å²) in [5, 5.41) is 24.5. The second kappa shape index (κ2) is 19.0. The summed E-state index contributed by atoms with van der Waals surface area (Å²) in [5.41, 5.74) is -1.95. The van der Waals surface area contributed by atoms with Crippen LogP contribution in [0, 0.1) is 58.2 Å². The first-order chi connectivity index (χ1) is 43.1. The number of carbonyl (C=O) groups is 6. The summed E-state index contributed by atoms with van der Waals surface area (Å²) in [6, 6.07) is 0. The highest BCUT2D eigenvalue weighted by Gasteiger charge is 2.84. The summed E-state index contributed by atoms with van der Waals surface area (Å²) in [6.07, 6.45) is 17.0. The summed E-state index contributed by atoms with van der Waals surface area (Å²) in [6.45, 7) is 33.5. The van der Waals surface area contributed by atoms with Gasteiger partial charge in [-0.1, -0.05) is 63.1 Å². The fourth-order valence-electron chi connectivity index (χ4n) is 22.7. The second-order valence-electron chi connectivity index (χ2n) is 32.8. The maximum absolute atomic E-state index is 15.0. The van der Waals surface area contributed by atoms with Gasteiger partial charge >= 0.3 is 0 Å². The summed E-state index contributed by atoms with van der Waals surface area (Å²) >= 11 is 0. The molecule has 16 atom stereocenters. The van der Waals surface area contributed by atoms with Crippen molar-refractivity contribution in [1.29, 1.82) is 0 Å². The number of rotatable bonds is 12. The summed E-state index contributed by atoms with van der Waals surface area (Å²) in [4.78, 5) is 80.9. The van der Waals surface area contributed by atoms with Crippen molar-refractivity contribution in [2.45, 2.75) is 232 Å². The smallest absolute Gasteiger partial charge is 0.298 e. The number of aromatic hydroxyl groups is 2. The quantitative estimate of drug-likeness (QED) is 0.115. The van der Waals surface area contributed by atoms with Crippen LogP contribution >= 0.6 is 0 Å². The van der Waals surface area contributed by atoms with Crippen molar-refractivity contribution in [3.63, 3.8) is 0 Å². The average molecular weight is 1260 g/mol. The first kappa shape index (κ1) is 61.4. The molecule has 0 aromatic heterocycles. The largest absolute Gasteiger partial charge is 0.507 e. The monoisotopic (exact) mass is 1260 g/mol. The van der Waals surface area contributed by atoms with Gasteiger partial charge < -0.3 is 48.1 Å². The lowest BCUT2D eigenvalue weighted by molar-refractivity contribution is -0.214. The van der Waals surface area contributed by atoms with E-state index >= 15 is 0 Å². The predicted octanol–water partition coefficient (Wildman–Crippen LogP) is 13.4. The van der Waals surface area contributed by atoms with Crippen LogP contribution in [0.5, 0.6) is 34.5 Å². The molecule has 6 aliphatic heterocycles. The highest BCUT2D eigenvalue weighted by Crippen LogP contribution is 2.79. The van der Waals surface area contributed by atoms with Crippen molar-refractivity contribution in [3.8, 4) is 34.5 Å². The maximum Gasteiger partial charge on any atom is 0.298 e. The number of phenols is 2. The van der Waals surface area contributed by atoms with Gasteiger partial charge in [-0.3, -0.25) is 28.8 Å². The molecule has 0 radical (unpaired) electrons. The lowest BCUT2D eigenvalue weighted by atomic mass is 9.37. The number of hydrogen-bond acceptors (Lipinski definition) is 16. The van der Waals surface area contributed by atoms with E-state index in [0.717, 1.165) is 59.1 Å². The van der Waals surface area contributed by atoms with E-state index in [9.17, 15) is 39.0 Å². The highest BCUT2D eigenvalue weighted by atomic mass is 16.6. The number of fused-ring (bicyclic) bond motifs is 6. The van der Waals surface area contributed by atoms with Gasteiger partial charge in [0, 0.05) is 93.6 Å². The molecule has 2 aromatic rings. The number of carbonyl (C=O) groups excluding carboxylic acids is 6. The van der Waals surface area contributed by atoms with Crippen LogP contribution in [0.4, 0.5) is 0 Å². The molecule has 0 amide bonds. The molecule has 20 rings (SSSR count). The van der Waals surface area contributed by atoms with Gasteiger partial charge in [0.05, 0.1) is 11.2 Å². The normalized spacial score (nSPS) is 39.5. The Labute approximate surface area is 538 Å². The molecule has 16 heteroatoms. The van der Waals surface area contributed by atoms with E-state index in [4.69, 9.17) is 37.9 Å². The Bertz CT molecular complexity index is 3730. The molecule has 8 unspecified atom stereocenters. The van der Waals surface area contributed by atoms with Crippen LogP contribution in [0.3, 0.4) is 0 Å². The Hall–Kier alpha value is -6.78. The number of phenolic OH excluding ortho intramolecular Hbond substituents is 2. The van der Waals surface area contributed by atoms with Gasteiger partial charge in [0.1, 0.15) is 68.3 Å². The van der Waals surface area contributed by atoms with Crippen LogP contribution in [-0.4, -0.2) is 91.1 Å². The van der Waals surface area contributed by atoms with Gasteiger partial charge in [0.15, 0.2) is 45.5 Å². The van der Waals surface area contributed by atoms with Crippen LogP contribution < -0.4 is 18.9 Å². The minimum atomic E-state index is -1.52. The van der Waals surface area contributed by atoms with Crippen LogP contribution in [0.25, 0.3) is 0 Å². The Morgan fingerprint density at radius 2 is 0.902 bits per heavy atom. The molecular formula is C76H88O16. The van der Waals surface area contributed by atoms with E-state index in [0.29, 0.717) is 96.1 Å². The van der Waals surface area contributed by atoms with E-state index in [1.54, 1.807) is 38.2 Å². The topological polar surface area (TPSA) is 217 Å².